The van der Waals surface area contributed by atoms with E-state index in [1.807, 2.05) is 0 Å². The fourth-order valence-electron chi connectivity index (χ4n) is 5.59. The number of carboxylic acids is 1. The summed E-state index contributed by atoms with van der Waals surface area (Å²) in [6, 6.07) is 9.96. The van der Waals surface area contributed by atoms with Gasteiger partial charge in [-0.2, -0.15) is 0 Å². The molecule has 0 radical (unpaired) electrons. The molecule has 4 rings (SSSR count). The van der Waals surface area contributed by atoms with Crippen LogP contribution in [0, 0.1) is 23.0 Å². The molecule has 0 unspecified atom stereocenters. The topological polar surface area (TPSA) is 102 Å². The molecular weight excluding hydrogens is 527 g/mol. The molecule has 1 aliphatic carbocycles. The largest absolute Gasteiger partial charge is 1.00 e. The maximum atomic E-state index is 14.0. The van der Waals surface area contributed by atoms with Gasteiger partial charge in [0.1, 0.15) is 23.0 Å². The number of carboxylic acid groups (broad SMARTS) is 1. The molecule has 0 aromatic heterocycles. The zero-order valence-electron chi connectivity index (χ0n) is 23.6. The van der Waals surface area contributed by atoms with E-state index in [0.29, 0.717) is 37.3 Å². The molecule has 208 valence electrons. The molecule has 1 N–H and O–H groups in total. The second-order valence-corrected chi connectivity index (χ2v) is 11.5. The number of amides is 2. The first-order valence-corrected chi connectivity index (χ1v) is 13.3. The molecule has 7 nitrogen and oxygen atoms in total. The van der Waals surface area contributed by atoms with Crippen molar-refractivity contribution in [3.63, 3.8) is 0 Å². The van der Waals surface area contributed by atoms with Crippen molar-refractivity contribution in [3.05, 3.63) is 70.8 Å². The molecule has 0 atom stereocenters. The van der Waals surface area contributed by atoms with Crippen molar-refractivity contribution >= 4 is 23.5 Å². The second kappa shape index (κ2) is 12.9. The molecule has 2 aromatic carbocycles. The van der Waals surface area contributed by atoms with E-state index < -0.39 is 23.3 Å². The summed E-state index contributed by atoms with van der Waals surface area (Å²) >= 11 is 0. The first-order chi connectivity index (χ1) is 18.4. The van der Waals surface area contributed by atoms with Crippen LogP contribution in [0.2, 0.25) is 0 Å². The number of nitrogens with zero attached hydrogens (tertiary/aromatic N) is 2. The summed E-state index contributed by atoms with van der Waals surface area (Å²) in [7, 11) is 0. The number of aliphatic carboxylic acids is 1. The SMILES string of the molecule is CC(C)(C)C1CCC2(CC1)N=C(c1cc(F)cc(F)c1)C(=O)N2CCc1ccc(C(=O)NCCC(=O)[O-])cc1.[Na+]. The van der Waals surface area contributed by atoms with Crippen LogP contribution in [0.4, 0.5) is 8.78 Å². The molecule has 2 amide bonds. The number of hydrogen-bond donors (Lipinski definition) is 1. The Bertz CT molecular complexity index is 1260. The van der Waals surface area contributed by atoms with Gasteiger partial charge in [0.2, 0.25) is 0 Å². The molecule has 1 saturated carbocycles. The first kappa shape index (κ1) is 31.9. The van der Waals surface area contributed by atoms with Crippen LogP contribution in [0.15, 0.2) is 47.5 Å². The van der Waals surface area contributed by atoms with Crippen molar-refractivity contribution in [1.82, 2.24) is 10.2 Å². The summed E-state index contributed by atoms with van der Waals surface area (Å²) in [6.45, 7) is 6.98. The molecule has 2 aromatic rings. The standard InChI is InChI=1S/C30H35F2N3O4.Na/c1-29(2,3)22-8-12-30(13-9-22)34-26(21-16-23(31)18-24(32)17-21)28(39)35(30)15-11-19-4-6-20(7-5-19)27(38)33-14-10-25(36)37;/h4-7,16-18,22H,8-15H2,1-3H3,(H,33,38)(H,36,37);/q;+1/p-1. The summed E-state index contributed by atoms with van der Waals surface area (Å²) in [5.74, 6) is -2.98. The molecular formula is C30H34F2N3NaO4. The van der Waals surface area contributed by atoms with Crippen LogP contribution in [-0.2, 0) is 16.0 Å². The zero-order chi connectivity index (χ0) is 28.4. The van der Waals surface area contributed by atoms with Gasteiger partial charge in [-0.3, -0.25) is 14.6 Å². The van der Waals surface area contributed by atoms with Crippen molar-refractivity contribution < 1.29 is 57.8 Å². The van der Waals surface area contributed by atoms with Crippen LogP contribution in [0.25, 0.3) is 0 Å². The van der Waals surface area contributed by atoms with Gasteiger partial charge in [-0.15, -0.1) is 0 Å². The Balaban J connectivity index is 0.00000441. The van der Waals surface area contributed by atoms with E-state index in [1.54, 1.807) is 29.2 Å². The first-order valence-electron chi connectivity index (χ1n) is 13.3. The van der Waals surface area contributed by atoms with Crippen molar-refractivity contribution in [2.45, 2.75) is 65.0 Å². The third-order valence-corrected chi connectivity index (χ3v) is 7.87. The number of carbonyl (C=O) groups is 3. The predicted octanol–water partition coefficient (Wildman–Crippen LogP) is 0.645. The van der Waals surface area contributed by atoms with Crippen molar-refractivity contribution in [2.75, 3.05) is 13.1 Å². The Morgan fingerprint density at radius 1 is 1.07 bits per heavy atom. The van der Waals surface area contributed by atoms with Crippen molar-refractivity contribution in [2.24, 2.45) is 16.3 Å². The number of nitrogens with one attached hydrogen (secondary N) is 1. The van der Waals surface area contributed by atoms with Crippen molar-refractivity contribution in [1.29, 1.82) is 0 Å². The van der Waals surface area contributed by atoms with Crippen LogP contribution >= 0.6 is 0 Å². The zero-order valence-corrected chi connectivity index (χ0v) is 25.6. The van der Waals surface area contributed by atoms with Gasteiger partial charge in [0.25, 0.3) is 11.8 Å². The fourth-order valence-corrected chi connectivity index (χ4v) is 5.59. The minimum Gasteiger partial charge on any atom is -0.550 e. The summed E-state index contributed by atoms with van der Waals surface area (Å²) in [5, 5.41) is 13.1. The summed E-state index contributed by atoms with van der Waals surface area (Å²) < 4.78 is 28.0. The van der Waals surface area contributed by atoms with Gasteiger partial charge in [0.15, 0.2) is 0 Å². The Kier molecular flexibility index (Phi) is 10.3. The second-order valence-electron chi connectivity index (χ2n) is 11.5. The molecule has 0 saturated heterocycles. The predicted molar refractivity (Wildman–Crippen MR) is 141 cm³/mol. The number of aliphatic imine (C=N–C) groups is 1. The van der Waals surface area contributed by atoms with E-state index in [2.05, 4.69) is 26.1 Å². The maximum Gasteiger partial charge on any atom is 1.00 e. The van der Waals surface area contributed by atoms with Crippen LogP contribution in [0.5, 0.6) is 0 Å². The van der Waals surface area contributed by atoms with E-state index >= 15 is 0 Å². The quantitative estimate of drug-likeness (QED) is 0.478. The fraction of sp³-hybridized carbons (Fsp3) is 0.467. The van der Waals surface area contributed by atoms with E-state index in [9.17, 15) is 28.3 Å². The van der Waals surface area contributed by atoms with Gasteiger partial charge in [-0.25, -0.2) is 8.78 Å². The molecule has 40 heavy (non-hydrogen) atoms. The molecule has 1 fully saturated rings. The van der Waals surface area contributed by atoms with E-state index in [0.717, 1.165) is 36.6 Å². The van der Waals surface area contributed by atoms with Gasteiger partial charge < -0.3 is 20.1 Å². The Hall–Kier alpha value is -2.62. The van der Waals surface area contributed by atoms with Gasteiger partial charge in [-0.05, 0) is 73.3 Å². The van der Waals surface area contributed by atoms with Gasteiger partial charge >= 0.3 is 29.6 Å². The maximum absolute atomic E-state index is 14.0. The minimum atomic E-state index is -1.23. The molecule has 0 bridgehead atoms. The van der Waals surface area contributed by atoms with Crippen LogP contribution in [0.1, 0.15) is 74.4 Å². The average molecular weight is 562 g/mol. The number of carbonyl (C=O) groups excluding carboxylic acids is 3. The van der Waals surface area contributed by atoms with Crippen molar-refractivity contribution in [3.8, 4) is 0 Å². The normalized spacial score (nSPS) is 20.7. The summed E-state index contributed by atoms with van der Waals surface area (Å²) in [4.78, 5) is 43.0. The summed E-state index contributed by atoms with van der Waals surface area (Å²) in [6.07, 6.45) is 3.37. The average Bonchev–Trinajstić information content (AvgIpc) is 3.12. The van der Waals surface area contributed by atoms with E-state index in [-0.39, 0.29) is 71.0 Å². The molecule has 2 aliphatic rings. The number of hydrogen-bond acceptors (Lipinski definition) is 5. The van der Waals surface area contributed by atoms with E-state index in [4.69, 9.17) is 4.99 Å². The summed E-state index contributed by atoms with van der Waals surface area (Å²) in [5.41, 5.74) is 0.905. The van der Waals surface area contributed by atoms with Gasteiger partial charge in [0, 0.05) is 42.7 Å². The van der Waals surface area contributed by atoms with E-state index in [1.165, 1.54) is 0 Å². The third-order valence-electron chi connectivity index (χ3n) is 7.87. The number of rotatable bonds is 8. The van der Waals surface area contributed by atoms with Crippen LogP contribution < -0.4 is 40.0 Å². The molecule has 1 spiro atoms. The third kappa shape index (κ3) is 7.36. The number of benzene rings is 2. The van der Waals surface area contributed by atoms with Gasteiger partial charge in [-0.1, -0.05) is 32.9 Å². The van der Waals surface area contributed by atoms with Crippen LogP contribution in [0.3, 0.4) is 0 Å². The van der Waals surface area contributed by atoms with Crippen LogP contribution in [-0.4, -0.2) is 47.1 Å². The number of halogens is 2. The smallest absolute Gasteiger partial charge is 0.550 e. The molecule has 1 aliphatic heterocycles. The van der Waals surface area contributed by atoms with Gasteiger partial charge in [0.05, 0.1) is 0 Å². The molecule has 1 heterocycles. The Labute approximate surface area is 255 Å². The Morgan fingerprint density at radius 2 is 1.68 bits per heavy atom. The monoisotopic (exact) mass is 561 g/mol. The Morgan fingerprint density at radius 3 is 2.23 bits per heavy atom. The molecule has 10 heteroatoms. The minimum absolute atomic E-state index is 0.